The van der Waals surface area contributed by atoms with Crippen molar-refractivity contribution in [3.63, 3.8) is 0 Å². The third kappa shape index (κ3) is 3.74. The van der Waals surface area contributed by atoms with Crippen molar-refractivity contribution in [3.05, 3.63) is 35.8 Å². The molecule has 0 amide bonds. The Bertz CT molecular complexity index is 448. The van der Waals surface area contributed by atoms with Crippen LogP contribution < -0.4 is 5.32 Å². The summed E-state index contributed by atoms with van der Waals surface area (Å²) >= 11 is 0. The van der Waals surface area contributed by atoms with E-state index in [4.69, 9.17) is 9.15 Å². The van der Waals surface area contributed by atoms with Crippen LogP contribution in [0.1, 0.15) is 43.9 Å². The first-order chi connectivity index (χ1) is 9.83. The Hall–Kier alpha value is -1.06. The second-order valence-corrected chi connectivity index (χ2v) is 6.22. The van der Waals surface area contributed by atoms with Crippen LogP contribution in [-0.4, -0.2) is 12.6 Å². The molecule has 0 spiro atoms. The molecule has 1 saturated carbocycles. The van der Waals surface area contributed by atoms with E-state index in [1.165, 1.54) is 24.8 Å². The molecule has 110 valence electrons. The van der Waals surface area contributed by atoms with Gasteiger partial charge in [-0.05, 0) is 43.6 Å². The van der Waals surface area contributed by atoms with Gasteiger partial charge in [0.15, 0.2) is 0 Å². The molecule has 3 nitrogen and oxygen atoms in total. The zero-order chi connectivity index (χ0) is 13.8. The van der Waals surface area contributed by atoms with Gasteiger partial charge in [0.1, 0.15) is 5.76 Å². The second-order valence-electron chi connectivity index (χ2n) is 6.22. The molecule has 2 aliphatic carbocycles. The maximum Gasteiger partial charge on any atom is 0.123 e. The smallest absolute Gasteiger partial charge is 0.123 e. The van der Waals surface area contributed by atoms with Crippen molar-refractivity contribution in [2.75, 3.05) is 6.61 Å². The first-order valence-electron chi connectivity index (χ1n) is 7.84. The summed E-state index contributed by atoms with van der Waals surface area (Å²) in [7, 11) is 0. The topological polar surface area (TPSA) is 34.4 Å². The fourth-order valence-corrected chi connectivity index (χ4v) is 2.73. The normalized spacial score (nSPS) is 26.1. The van der Waals surface area contributed by atoms with E-state index >= 15 is 0 Å². The fourth-order valence-electron chi connectivity index (χ4n) is 2.73. The van der Waals surface area contributed by atoms with Crippen LogP contribution in [0.2, 0.25) is 0 Å². The predicted octanol–water partition coefficient (Wildman–Crippen LogP) is 3.65. The molecule has 1 fully saturated rings. The number of allylic oxidation sites excluding steroid dienone is 2. The number of furan rings is 1. The summed E-state index contributed by atoms with van der Waals surface area (Å²) < 4.78 is 11.5. The zero-order valence-corrected chi connectivity index (χ0v) is 12.3. The van der Waals surface area contributed by atoms with Gasteiger partial charge in [-0.3, -0.25) is 0 Å². The number of nitrogens with one attached hydrogen (secondary N) is 1. The van der Waals surface area contributed by atoms with Gasteiger partial charge in [-0.25, -0.2) is 0 Å². The largest absolute Gasteiger partial charge is 0.468 e. The molecule has 2 aliphatic rings. The first kappa shape index (κ1) is 13.9. The van der Waals surface area contributed by atoms with Crippen LogP contribution in [-0.2, 0) is 17.9 Å². The van der Waals surface area contributed by atoms with E-state index in [1.54, 1.807) is 6.26 Å². The maximum atomic E-state index is 5.93. The predicted molar refractivity (Wildman–Crippen MR) is 79.3 cm³/mol. The molecule has 0 radical (unpaired) electrons. The molecule has 0 aromatic carbocycles. The van der Waals surface area contributed by atoms with E-state index < -0.39 is 0 Å². The number of rotatable bonds is 7. The molecule has 1 N–H and O–H groups in total. The van der Waals surface area contributed by atoms with Gasteiger partial charge in [0, 0.05) is 11.6 Å². The number of hydrogen-bond donors (Lipinski definition) is 1. The molecule has 3 heteroatoms. The molecule has 1 aromatic heterocycles. The standard InChI is InChI=1S/C17H25NO2/c1-13-4-2-3-5-14(13)11-19-12-15-8-9-20-17(15)10-18-16-6-7-16/h2-3,8-9,13-14,16,18H,4-7,10-12H2,1H3. The van der Waals surface area contributed by atoms with Crippen molar-refractivity contribution in [2.24, 2.45) is 11.8 Å². The van der Waals surface area contributed by atoms with Crippen LogP contribution in [0.3, 0.4) is 0 Å². The molecule has 3 rings (SSSR count). The lowest BCUT2D eigenvalue weighted by atomic mass is 9.85. The molecule has 1 aromatic rings. The quantitative estimate of drug-likeness (QED) is 0.771. The average molecular weight is 275 g/mol. The van der Waals surface area contributed by atoms with Crippen molar-refractivity contribution >= 4 is 0 Å². The Morgan fingerprint density at radius 3 is 2.95 bits per heavy atom. The molecule has 2 atom stereocenters. The van der Waals surface area contributed by atoms with Crippen molar-refractivity contribution in [3.8, 4) is 0 Å². The van der Waals surface area contributed by atoms with Gasteiger partial charge in [-0.2, -0.15) is 0 Å². The summed E-state index contributed by atoms with van der Waals surface area (Å²) in [5.41, 5.74) is 1.19. The molecule has 20 heavy (non-hydrogen) atoms. The summed E-state index contributed by atoms with van der Waals surface area (Å²) in [5, 5.41) is 3.49. The minimum absolute atomic E-state index is 0.667. The van der Waals surface area contributed by atoms with Crippen molar-refractivity contribution < 1.29 is 9.15 Å². The lowest BCUT2D eigenvalue weighted by Crippen LogP contribution is -2.20. The van der Waals surface area contributed by atoms with Crippen LogP contribution >= 0.6 is 0 Å². The minimum atomic E-state index is 0.667. The lowest BCUT2D eigenvalue weighted by molar-refractivity contribution is 0.0672. The summed E-state index contributed by atoms with van der Waals surface area (Å²) in [4.78, 5) is 0. The number of hydrogen-bond acceptors (Lipinski definition) is 3. The van der Waals surface area contributed by atoms with E-state index in [2.05, 4.69) is 24.4 Å². The Morgan fingerprint density at radius 1 is 1.30 bits per heavy atom. The van der Waals surface area contributed by atoms with Crippen molar-refractivity contribution in [1.82, 2.24) is 5.32 Å². The third-order valence-corrected chi connectivity index (χ3v) is 4.47. The van der Waals surface area contributed by atoms with Crippen molar-refractivity contribution in [1.29, 1.82) is 0 Å². The van der Waals surface area contributed by atoms with Gasteiger partial charge in [-0.15, -0.1) is 0 Å². The van der Waals surface area contributed by atoms with Gasteiger partial charge >= 0.3 is 0 Å². The van der Waals surface area contributed by atoms with Gasteiger partial charge in [-0.1, -0.05) is 19.1 Å². The third-order valence-electron chi connectivity index (χ3n) is 4.47. The monoisotopic (exact) mass is 275 g/mol. The van der Waals surface area contributed by atoms with Gasteiger partial charge in [0.05, 0.1) is 26.0 Å². The van der Waals surface area contributed by atoms with Crippen LogP contribution in [0.4, 0.5) is 0 Å². The highest BCUT2D eigenvalue weighted by atomic mass is 16.5. The van der Waals surface area contributed by atoms with Crippen LogP contribution in [0, 0.1) is 11.8 Å². The van der Waals surface area contributed by atoms with E-state index in [-0.39, 0.29) is 0 Å². The highest BCUT2D eigenvalue weighted by Gasteiger charge is 2.21. The molecule has 0 bridgehead atoms. The molecule has 0 saturated heterocycles. The average Bonchev–Trinajstić information content (AvgIpc) is 3.18. The molecular weight excluding hydrogens is 250 g/mol. The SMILES string of the molecule is CC1CC=CCC1COCc1ccoc1CNC1CC1. The summed E-state index contributed by atoms with van der Waals surface area (Å²) in [6, 6.07) is 2.75. The van der Waals surface area contributed by atoms with E-state index in [0.717, 1.165) is 31.3 Å². The zero-order valence-electron chi connectivity index (χ0n) is 12.3. The summed E-state index contributed by atoms with van der Waals surface area (Å²) in [5.74, 6) is 2.44. The molecule has 2 unspecified atom stereocenters. The maximum absolute atomic E-state index is 5.93. The van der Waals surface area contributed by atoms with Crippen LogP contribution in [0.25, 0.3) is 0 Å². The number of ether oxygens (including phenoxy) is 1. The Balaban J connectivity index is 1.43. The highest BCUT2D eigenvalue weighted by Crippen LogP contribution is 2.26. The summed E-state index contributed by atoms with van der Waals surface area (Å²) in [6.45, 7) is 4.68. The van der Waals surface area contributed by atoms with Gasteiger partial charge in [0.2, 0.25) is 0 Å². The Labute approximate surface area is 121 Å². The highest BCUT2D eigenvalue weighted by molar-refractivity contribution is 5.16. The molecule has 1 heterocycles. The van der Waals surface area contributed by atoms with Crippen LogP contribution in [0.15, 0.2) is 28.9 Å². The van der Waals surface area contributed by atoms with E-state index in [0.29, 0.717) is 18.6 Å². The van der Waals surface area contributed by atoms with E-state index in [1.807, 2.05) is 6.07 Å². The van der Waals surface area contributed by atoms with Gasteiger partial charge < -0.3 is 14.5 Å². The Kier molecular flexibility index (Phi) is 4.58. The van der Waals surface area contributed by atoms with Crippen LogP contribution in [0.5, 0.6) is 0 Å². The van der Waals surface area contributed by atoms with Crippen molar-refractivity contribution in [2.45, 2.75) is 51.8 Å². The fraction of sp³-hybridized carbons (Fsp3) is 0.647. The molecular formula is C17H25NO2. The lowest BCUT2D eigenvalue weighted by Gasteiger charge is -2.24. The first-order valence-corrected chi connectivity index (χ1v) is 7.84. The molecule has 0 aliphatic heterocycles. The minimum Gasteiger partial charge on any atom is -0.468 e. The van der Waals surface area contributed by atoms with E-state index in [9.17, 15) is 0 Å². The summed E-state index contributed by atoms with van der Waals surface area (Å²) in [6.07, 6.45) is 11.3. The second kappa shape index (κ2) is 6.59. The van der Waals surface area contributed by atoms with Gasteiger partial charge in [0.25, 0.3) is 0 Å². The Morgan fingerprint density at radius 2 is 2.15 bits per heavy atom.